The second-order valence-corrected chi connectivity index (χ2v) is 9.52. The summed E-state index contributed by atoms with van der Waals surface area (Å²) < 4.78 is 83.8. The molecule has 2 aromatic carbocycles. The first-order valence-corrected chi connectivity index (χ1v) is 12.9. The fourth-order valence-corrected chi connectivity index (χ4v) is 4.39. The molecule has 0 saturated carbocycles. The molecule has 8 nitrogen and oxygen atoms in total. The van der Waals surface area contributed by atoms with Gasteiger partial charge in [-0.15, -0.1) is 0 Å². The first kappa shape index (κ1) is 31.5. The molecule has 4 aromatic rings. The van der Waals surface area contributed by atoms with Crippen LogP contribution in [0.15, 0.2) is 67.0 Å². The highest BCUT2D eigenvalue weighted by atomic mass is 35.5. The van der Waals surface area contributed by atoms with Crippen LogP contribution in [0.25, 0.3) is 10.9 Å². The Labute approximate surface area is 244 Å². The molecule has 1 atom stereocenters. The van der Waals surface area contributed by atoms with E-state index >= 15 is 0 Å². The molecule has 0 spiro atoms. The van der Waals surface area contributed by atoms with Gasteiger partial charge in [0.05, 0.1) is 23.6 Å². The number of benzene rings is 2. The number of hydrogen-bond acceptors (Lipinski definition) is 7. The first-order chi connectivity index (χ1) is 20.3. The van der Waals surface area contributed by atoms with E-state index in [9.17, 15) is 35.9 Å². The van der Waals surface area contributed by atoms with Crippen LogP contribution >= 0.6 is 11.6 Å². The maximum Gasteiger partial charge on any atom is 0.495 e. The lowest BCUT2D eigenvalue weighted by Crippen LogP contribution is -2.27. The van der Waals surface area contributed by atoms with E-state index in [1.54, 1.807) is 30.5 Å². The number of halogens is 7. The van der Waals surface area contributed by atoms with Crippen LogP contribution in [-0.4, -0.2) is 41.2 Å². The van der Waals surface area contributed by atoms with E-state index in [0.29, 0.717) is 41.8 Å². The fraction of sp³-hybridized carbons (Fsp3) is 0.250. The minimum atomic E-state index is -5.43. The van der Waals surface area contributed by atoms with Crippen LogP contribution in [-0.2, 0) is 25.5 Å². The second kappa shape index (κ2) is 13.2. The molecule has 0 fully saturated rings. The number of hydrogen-bond donors (Lipinski definition) is 2. The number of alkyl halides is 6. The Morgan fingerprint density at radius 3 is 2.49 bits per heavy atom. The van der Waals surface area contributed by atoms with Crippen molar-refractivity contribution < 1.29 is 50.4 Å². The van der Waals surface area contributed by atoms with E-state index in [-0.39, 0.29) is 5.56 Å². The standard InChI is InChI=1S/C28H22ClF6N3O5/c29-22-8-5-16(12-21(22)27(30,31)32)19(14-25(39)42-43-26(40)28(33,34)35)20-15-38-23-13-17(6-7-18(20)23)41-11-3-10-37-24-4-1-2-9-36-24/h1-2,4-9,12-13,15,19,38H,3,10-11,14H2,(H,36,37). The Kier molecular flexibility index (Phi) is 9.69. The Balaban J connectivity index is 1.53. The summed E-state index contributed by atoms with van der Waals surface area (Å²) in [4.78, 5) is 38.1. The highest BCUT2D eigenvalue weighted by Crippen LogP contribution is 2.40. The monoisotopic (exact) mass is 629 g/mol. The van der Waals surface area contributed by atoms with Crippen LogP contribution in [0.1, 0.15) is 35.4 Å². The van der Waals surface area contributed by atoms with Crippen LogP contribution in [0.5, 0.6) is 5.75 Å². The van der Waals surface area contributed by atoms with Gasteiger partial charge in [0.1, 0.15) is 11.6 Å². The highest BCUT2D eigenvalue weighted by molar-refractivity contribution is 6.31. The maximum absolute atomic E-state index is 13.6. The molecule has 2 N–H and O–H groups in total. The average molecular weight is 630 g/mol. The fourth-order valence-electron chi connectivity index (χ4n) is 4.17. The number of aromatic nitrogens is 2. The van der Waals surface area contributed by atoms with Crippen LogP contribution in [0.4, 0.5) is 32.2 Å². The van der Waals surface area contributed by atoms with E-state index in [1.807, 2.05) is 12.1 Å². The molecular weight excluding hydrogens is 608 g/mol. The Morgan fingerprint density at radius 1 is 1.00 bits per heavy atom. The molecule has 0 radical (unpaired) electrons. The van der Waals surface area contributed by atoms with Gasteiger partial charge in [-0.3, -0.25) is 0 Å². The number of fused-ring (bicyclic) bond motifs is 1. The Hall–Kier alpha value is -4.46. The molecule has 0 bridgehead atoms. The lowest BCUT2D eigenvalue weighted by atomic mass is 9.87. The number of carbonyl (C=O) groups excluding carboxylic acids is 2. The molecule has 43 heavy (non-hydrogen) atoms. The minimum absolute atomic E-state index is 0.0440. The summed E-state index contributed by atoms with van der Waals surface area (Å²) in [5, 5.41) is 3.04. The molecule has 228 valence electrons. The summed E-state index contributed by atoms with van der Waals surface area (Å²) in [6.45, 7) is 0.956. The van der Waals surface area contributed by atoms with Gasteiger partial charge in [0.25, 0.3) is 0 Å². The minimum Gasteiger partial charge on any atom is -0.493 e. The van der Waals surface area contributed by atoms with Crippen LogP contribution < -0.4 is 10.1 Å². The average Bonchev–Trinajstić information content (AvgIpc) is 3.37. The number of nitrogens with zero attached hydrogens (tertiary/aromatic N) is 1. The third-order valence-electron chi connectivity index (χ3n) is 6.13. The zero-order chi connectivity index (χ0) is 31.2. The predicted molar refractivity (Wildman–Crippen MR) is 142 cm³/mol. The van der Waals surface area contributed by atoms with E-state index < -0.39 is 47.2 Å². The SMILES string of the molecule is O=C(CC(c1ccc(Cl)c(C(F)(F)F)c1)c1c[nH]c2cc(OCCCNc3ccccn3)ccc12)OOC(=O)C(F)(F)F. The van der Waals surface area contributed by atoms with Gasteiger partial charge in [-0.05, 0) is 53.9 Å². The molecular formula is C28H22ClF6N3O5. The summed E-state index contributed by atoms with van der Waals surface area (Å²) in [7, 11) is 0. The van der Waals surface area contributed by atoms with E-state index in [1.165, 1.54) is 12.3 Å². The predicted octanol–water partition coefficient (Wildman–Crippen LogP) is 7.20. The van der Waals surface area contributed by atoms with Gasteiger partial charge in [0.2, 0.25) is 0 Å². The van der Waals surface area contributed by atoms with Gasteiger partial charge in [0, 0.05) is 41.8 Å². The number of nitrogens with one attached hydrogen (secondary N) is 2. The topological polar surface area (TPSA) is 103 Å². The molecule has 2 heterocycles. The van der Waals surface area contributed by atoms with E-state index in [2.05, 4.69) is 25.1 Å². The highest BCUT2D eigenvalue weighted by Gasteiger charge is 2.43. The first-order valence-electron chi connectivity index (χ1n) is 12.6. The van der Waals surface area contributed by atoms with Crippen molar-refractivity contribution in [3.8, 4) is 5.75 Å². The van der Waals surface area contributed by atoms with Crippen LogP contribution in [0, 0.1) is 0 Å². The number of rotatable bonds is 10. The number of carbonyl (C=O) groups is 2. The number of aromatic amines is 1. The van der Waals surface area contributed by atoms with Gasteiger partial charge in [-0.1, -0.05) is 23.7 Å². The van der Waals surface area contributed by atoms with E-state index in [4.69, 9.17) is 16.3 Å². The van der Waals surface area contributed by atoms with Gasteiger partial charge in [0.15, 0.2) is 0 Å². The van der Waals surface area contributed by atoms with E-state index in [0.717, 1.165) is 18.0 Å². The number of anilines is 1. The number of ether oxygens (including phenoxy) is 1. The summed E-state index contributed by atoms with van der Waals surface area (Å²) in [6.07, 6.45) is -7.29. The third-order valence-corrected chi connectivity index (χ3v) is 6.46. The van der Waals surface area contributed by atoms with Crippen molar-refractivity contribution in [2.24, 2.45) is 0 Å². The summed E-state index contributed by atoms with van der Waals surface area (Å²) in [5.41, 5.74) is -0.402. The summed E-state index contributed by atoms with van der Waals surface area (Å²) in [5.74, 6) is -4.16. The Morgan fingerprint density at radius 2 is 1.79 bits per heavy atom. The third kappa shape index (κ3) is 8.31. The smallest absolute Gasteiger partial charge is 0.493 e. The quantitative estimate of drug-likeness (QED) is 0.0828. The van der Waals surface area contributed by atoms with Crippen molar-refractivity contribution in [2.45, 2.75) is 31.1 Å². The van der Waals surface area contributed by atoms with Gasteiger partial charge < -0.3 is 15.0 Å². The van der Waals surface area contributed by atoms with Crippen LogP contribution in [0.3, 0.4) is 0 Å². The van der Waals surface area contributed by atoms with Crippen molar-refractivity contribution in [1.29, 1.82) is 0 Å². The van der Waals surface area contributed by atoms with Crippen molar-refractivity contribution in [3.05, 3.63) is 88.7 Å². The molecule has 0 saturated heterocycles. The second-order valence-electron chi connectivity index (χ2n) is 9.11. The summed E-state index contributed by atoms with van der Waals surface area (Å²) >= 11 is 5.75. The normalized spacial score (nSPS) is 12.5. The van der Waals surface area contributed by atoms with Crippen molar-refractivity contribution in [2.75, 3.05) is 18.5 Å². The van der Waals surface area contributed by atoms with Gasteiger partial charge in [-0.2, -0.15) is 26.3 Å². The maximum atomic E-state index is 13.6. The molecule has 0 aliphatic heterocycles. The molecule has 2 aromatic heterocycles. The molecule has 0 aliphatic rings. The van der Waals surface area contributed by atoms with Gasteiger partial charge >= 0.3 is 24.3 Å². The largest absolute Gasteiger partial charge is 0.495 e. The number of pyridine rings is 1. The van der Waals surface area contributed by atoms with Crippen molar-refractivity contribution >= 4 is 40.3 Å². The number of H-pyrrole nitrogens is 1. The molecule has 15 heteroatoms. The zero-order valence-electron chi connectivity index (χ0n) is 21.9. The zero-order valence-corrected chi connectivity index (χ0v) is 22.6. The van der Waals surface area contributed by atoms with Crippen molar-refractivity contribution in [3.63, 3.8) is 0 Å². The Bertz CT molecular complexity index is 1580. The molecule has 4 rings (SSSR count). The lowest BCUT2D eigenvalue weighted by molar-refractivity contribution is -0.285. The van der Waals surface area contributed by atoms with Crippen molar-refractivity contribution in [1.82, 2.24) is 9.97 Å². The van der Waals surface area contributed by atoms with Gasteiger partial charge in [-0.25, -0.2) is 24.3 Å². The molecule has 1 unspecified atom stereocenters. The molecule has 0 amide bonds. The van der Waals surface area contributed by atoms with Crippen LogP contribution in [0.2, 0.25) is 5.02 Å². The lowest BCUT2D eigenvalue weighted by Gasteiger charge is -2.19. The summed E-state index contributed by atoms with van der Waals surface area (Å²) in [6, 6.07) is 13.3. The molecule has 0 aliphatic carbocycles.